The minimum absolute atomic E-state index is 0.00700. The molecule has 1 atom stereocenters. The lowest BCUT2D eigenvalue weighted by atomic mass is 10.2. The Labute approximate surface area is 131 Å². The molecule has 0 bridgehead atoms. The molecule has 6 heteroatoms. The van der Waals surface area contributed by atoms with Gasteiger partial charge < -0.3 is 9.30 Å². The molecule has 2 aromatic rings. The third kappa shape index (κ3) is 3.03. The molecular weight excluding hydrogens is 300 g/mol. The number of sulfonamides is 1. The molecule has 0 N–H and O–H groups in total. The van der Waals surface area contributed by atoms with Crippen LogP contribution in [0.1, 0.15) is 18.7 Å². The van der Waals surface area contributed by atoms with Crippen molar-refractivity contribution in [3.63, 3.8) is 0 Å². The summed E-state index contributed by atoms with van der Waals surface area (Å²) < 4.78 is 34.3. The van der Waals surface area contributed by atoms with E-state index in [2.05, 4.69) is 4.57 Å². The number of rotatable bonds is 5. The van der Waals surface area contributed by atoms with E-state index in [9.17, 15) is 8.42 Å². The van der Waals surface area contributed by atoms with Gasteiger partial charge >= 0.3 is 0 Å². The van der Waals surface area contributed by atoms with E-state index in [0.717, 1.165) is 5.69 Å². The molecule has 0 saturated carbocycles. The highest BCUT2D eigenvalue weighted by Crippen LogP contribution is 2.28. The van der Waals surface area contributed by atoms with Crippen LogP contribution in [0.5, 0.6) is 5.75 Å². The number of benzene rings is 1. The second-order valence-electron chi connectivity index (χ2n) is 5.39. The molecule has 22 heavy (non-hydrogen) atoms. The van der Waals surface area contributed by atoms with Gasteiger partial charge in [0.15, 0.2) is 0 Å². The van der Waals surface area contributed by atoms with Crippen molar-refractivity contribution in [1.82, 2.24) is 8.87 Å². The topological polar surface area (TPSA) is 51.5 Å². The van der Waals surface area contributed by atoms with Gasteiger partial charge in [-0.3, -0.25) is 0 Å². The van der Waals surface area contributed by atoms with Gasteiger partial charge in [0, 0.05) is 25.0 Å². The molecule has 0 amide bonds. The van der Waals surface area contributed by atoms with E-state index in [1.807, 2.05) is 55.6 Å². The van der Waals surface area contributed by atoms with Crippen molar-refractivity contribution in [3.8, 4) is 5.75 Å². The molecule has 1 aromatic carbocycles. The van der Waals surface area contributed by atoms with E-state index in [1.54, 1.807) is 4.31 Å². The number of para-hydroxylation sites is 1. The zero-order chi connectivity index (χ0) is 15.6. The van der Waals surface area contributed by atoms with Crippen LogP contribution in [0.4, 0.5) is 0 Å². The Hall–Kier alpha value is -1.79. The maximum absolute atomic E-state index is 12.6. The van der Waals surface area contributed by atoms with Crippen LogP contribution in [0.25, 0.3) is 0 Å². The number of hydrogen-bond donors (Lipinski definition) is 0. The predicted molar refractivity (Wildman–Crippen MR) is 85.3 cm³/mol. The minimum Gasteiger partial charge on any atom is -0.492 e. The lowest BCUT2D eigenvalue weighted by Crippen LogP contribution is -2.42. The molecule has 1 aliphatic rings. The summed E-state index contributed by atoms with van der Waals surface area (Å²) in [4.78, 5) is 0. The number of ether oxygens (including phenoxy) is 1. The smallest absolute Gasteiger partial charge is 0.218 e. The standard InChI is InChI=1S/C16H20N2O3S/c1-14-16-8-5-9-17(16)10-11-18(14)22(19,20)13-12-21-15-6-3-2-4-7-15/h2-9,14H,10-13H2,1H3. The summed E-state index contributed by atoms with van der Waals surface area (Å²) in [5.74, 6) is 0.686. The van der Waals surface area contributed by atoms with Crippen LogP contribution in [0.2, 0.25) is 0 Å². The molecule has 5 nitrogen and oxygen atoms in total. The minimum atomic E-state index is -3.33. The molecule has 2 heterocycles. The second kappa shape index (κ2) is 6.14. The first-order valence-corrected chi connectivity index (χ1v) is 9.01. The fourth-order valence-electron chi connectivity index (χ4n) is 2.84. The largest absolute Gasteiger partial charge is 0.492 e. The average molecular weight is 320 g/mol. The summed E-state index contributed by atoms with van der Waals surface area (Å²) in [6.45, 7) is 3.30. The molecule has 1 aliphatic heterocycles. The normalized spacial score (nSPS) is 18.9. The molecule has 0 aliphatic carbocycles. The molecule has 0 fully saturated rings. The third-order valence-electron chi connectivity index (χ3n) is 4.00. The van der Waals surface area contributed by atoms with Crippen molar-refractivity contribution >= 4 is 10.0 Å². The fourth-order valence-corrected chi connectivity index (χ4v) is 4.31. The Bertz CT molecular complexity index is 725. The number of fused-ring (bicyclic) bond motifs is 1. The van der Waals surface area contributed by atoms with Crippen LogP contribution in [0.3, 0.4) is 0 Å². The van der Waals surface area contributed by atoms with E-state index in [0.29, 0.717) is 18.8 Å². The summed E-state index contributed by atoms with van der Waals surface area (Å²) >= 11 is 0. The zero-order valence-corrected chi connectivity index (χ0v) is 13.4. The van der Waals surface area contributed by atoms with Gasteiger partial charge in [0.25, 0.3) is 0 Å². The fraction of sp³-hybridized carbons (Fsp3) is 0.375. The molecule has 3 rings (SSSR count). The first kappa shape index (κ1) is 15.1. The molecule has 1 unspecified atom stereocenters. The highest BCUT2D eigenvalue weighted by molar-refractivity contribution is 7.89. The van der Waals surface area contributed by atoms with Gasteiger partial charge in [-0.25, -0.2) is 8.42 Å². The average Bonchev–Trinajstić information content (AvgIpc) is 2.98. The van der Waals surface area contributed by atoms with Crippen LogP contribution in [-0.2, 0) is 16.6 Å². The van der Waals surface area contributed by atoms with Crippen LogP contribution in [-0.4, -0.2) is 36.2 Å². The lowest BCUT2D eigenvalue weighted by molar-refractivity contribution is 0.276. The Morgan fingerprint density at radius 3 is 2.68 bits per heavy atom. The molecule has 0 radical (unpaired) electrons. The molecule has 1 aromatic heterocycles. The Kier molecular flexibility index (Phi) is 4.22. The molecule has 118 valence electrons. The van der Waals surface area contributed by atoms with Crippen molar-refractivity contribution in [1.29, 1.82) is 0 Å². The van der Waals surface area contributed by atoms with Gasteiger partial charge in [-0.1, -0.05) is 18.2 Å². The van der Waals surface area contributed by atoms with Crippen LogP contribution >= 0.6 is 0 Å². The third-order valence-corrected chi connectivity index (χ3v) is 5.89. The maximum atomic E-state index is 12.6. The van der Waals surface area contributed by atoms with Crippen molar-refractivity contribution in [3.05, 3.63) is 54.4 Å². The van der Waals surface area contributed by atoms with Gasteiger partial charge in [-0.15, -0.1) is 0 Å². The second-order valence-corrected chi connectivity index (χ2v) is 7.43. The summed E-state index contributed by atoms with van der Waals surface area (Å²) in [6, 6.07) is 13.1. The summed E-state index contributed by atoms with van der Waals surface area (Å²) in [5.41, 5.74) is 1.04. The van der Waals surface area contributed by atoms with Crippen molar-refractivity contribution in [2.75, 3.05) is 18.9 Å². The van der Waals surface area contributed by atoms with Gasteiger partial charge in [0.1, 0.15) is 12.4 Å². The molecule has 0 spiro atoms. The summed E-state index contributed by atoms with van der Waals surface area (Å²) in [6.07, 6.45) is 1.99. The zero-order valence-electron chi connectivity index (χ0n) is 12.6. The number of aromatic nitrogens is 1. The highest BCUT2D eigenvalue weighted by Gasteiger charge is 2.32. The first-order valence-electron chi connectivity index (χ1n) is 7.40. The lowest BCUT2D eigenvalue weighted by Gasteiger charge is -2.33. The van der Waals surface area contributed by atoms with E-state index in [1.165, 1.54) is 0 Å². The van der Waals surface area contributed by atoms with Crippen molar-refractivity contribution < 1.29 is 13.2 Å². The first-order chi connectivity index (χ1) is 10.6. The Morgan fingerprint density at radius 1 is 1.14 bits per heavy atom. The van der Waals surface area contributed by atoms with Crippen molar-refractivity contribution in [2.45, 2.75) is 19.5 Å². The summed E-state index contributed by atoms with van der Waals surface area (Å²) in [5, 5.41) is 0. The summed E-state index contributed by atoms with van der Waals surface area (Å²) in [7, 11) is -3.33. The maximum Gasteiger partial charge on any atom is 0.218 e. The van der Waals surface area contributed by atoms with E-state index in [-0.39, 0.29) is 18.4 Å². The monoisotopic (exact) mass is 320 g/mol. The van der Waals surface area contributed by atoms with Gasteiger partial charge in [0.2, 0.25) is 10.0 Å². The Morgan fingerprint density at radius 2 is 1.91 bits per heavy atom. The van der Waals surface area contributed by atoms with E-state index in [4.69, 9.17) is 4.74 Å². The molecular formula is C16H20N2O3S. The van der Waals surface area contributed by atoms with Gasteiger partial charge in [0.05, 0.1) is 11.8 Å². The van der Waals surface area contributed by atoms with Gasteiger partial charge in [-0.2, -0.15) is 4.31 Å². The molecule has 0 saturated heterocycles. The Balaban J connectivity index is 1.64. The van der Waals surface area contributed by atoms with E-state index >= 15 is 0 Å². The van der Waals surface area contributed by atoms with Crippen LogP contribution < -0.4 is 4.74 Å². The number of nitrogens with zero attached hydrogens (tertiary/aromatic N) is 2. The SMILES string of the molecule is CC1c2cccn2CCN1S(=O)(=O)CCOc1ccccc1. The number of hydrogen-bond acceptors (Lipinski definition) is 3. The van der Waals surface area contributed by atoms with Crippen molar-refractivity contribution in [2.24, 2.45) is 0 Å². The van der Waals surface area contributed by atoms with E-state index < -0.39 is 10.0 Å². The van der Waals surface area contributed by atoms with Crippen LogP contribution in [0, 0.1) is 0 Å². The quantitative estimate of drug-likeness (QED) is 0.849. The predicted octanol–water partition coefficient (Wildman–Crippen LogP) is 2.27. The van der Waals surface area contributed by atoms with Crippen LogP contribution in [0.15, 0.2) is 48.7 Å². The van der Waals surface area contributed by atoms with Gasteiger partial charge in [-0.05, 0) is 31.2 Å². The highest BCUT2D eigenvalue weighted by atomic mass is 32.2.